The van der Waals surface area contributed by atoms with E-state index in [4.69, 9.17) is 0 Å². The molecule has 2 amide bonds. The lowest BCUT2D eigenvalue weighted by atomic mass is 10.1. The van der Waals surface area contributed by atoms with Crippen LogP contribution in [0.3, 0.4) is 0 Å². The van der Waals surface area contributed by atoms with Crippen molar-refractivity contribution in [2.24, 2.45) is 0 Å². The van der Waals surface area contributed by atoms with Crippen molar-refractivity contribution in [1.82, 2.24) is 14.9 Å². The molecule has 2 aromatic heterocycles. The van der Waals surface area contributed by atoms with Gasteiger partial charge in [-0.05, 0) is 24.3 Å². The van der Waals surface area contributed by atoms with Crippen LogP contribution < -0.4 is 10.2 Å². The van der Waals surface area contributed by atoms with Crippen molar-refractivity contribution in [3.8, 4) is 0 Å². The van der Waals surface area contributed by atoms with Gasteiger partial charge >= 0.3 is 12.2 Å². The van der Waals surface area contributed by atoms with Crippen LogP contribution in [-0.4, -0.2) is 47.1 Å². The first-order chi connectivity index (χ1) is 13.9. The third-order valence-electron chi connectivity index (χ3n) is 4.88. The van der Waals surface area contributed by atoms with Crippen molar-refractivity contribution in [1.29, 1.82) is 0 Å². The number of hydrogen-bond donors (Lipinski definition) is 1. The van der Waals surface area contributed by atoms with Gasteiger partial charge in [0, 0.05) is 55.5 Å². The van der Waals surface area contributed by atoms with E-state index < -0.39 is 11.7 Å². The Balaban J connectivity index is 1.44. The highest BCUT2D eigenvalue weighted by Gasteiger charge is 2.36. The summed E-state index contributed by atoms with van der Waals surface area (Å²) in [5, 5.41) is 4.67. The fraction of sp³-hybridized carbons (Fsp3) is 0.250. The highest BCUT2D eigenvalue weighted by molar-refractivity contribution is 6.01. The van der Waals surface area contributed by atoms with E-state index in [9.17, 15) is 18.0 Å². The SMILES string of the molecule is O=C(Nc1cccc2cnccc12)N1CCN(c2ncccc2C(F)(F)F)CC1. The highest BCUT2D eigenvalue weighted by atomic mass is 19.4. The second kappa shape index (κ2) is 7.57. The highest BCUT2D eigenvalue weighted by Crippen LogP contribution is 2.35. The molecule has 3 heterocycles. The van der Waals surface area contributed by atoms with E-state index in [1.54, 1.807) is 28.3 Å². The predicted molar refractivity (Wildman–Crippen MR) is 104 cm³/mol. The second-order valence-electron chi connectivity index (χ2n) is 6.68. The number of carbonyl (C=O) groups is 1. The summed E-state index contributed by atoms with van der Waals surface area (Å²) in [6.07, 6.45) is 0.247. The Labute approximate surface area is 165 Å². The second-order valence-corrected chi connectivity index (χ2v) is 6.68. The van der Waals surface area contributed by atoms with E-state index >= 15 is 0 Å². The van der Waals surface area contributed by atoms with Crippen molar-refractivity contribution < 1.29 is 18.0 Å². The quantitative estimate of drug-likeness (QED) is 0.705. The van der Waals surface area contributed by atoms with Crippen LogP contribution in [0.15, 0.2) is 55.0 Å². The third-order valence-corrected chi connectivity index (χ3v) is 4.88. The van der Waals surface area contributed by atoms with E-state index in [1.165, 1.54) is 12.3 Å². The summed E-state index contributed by atoms with van der Waals surface area (Å²) in [6.45, 7) is 1.14. The minimum atomic E-state index is -4.47. The summed E-state index contributed by atoms with van der Waals surface area (Å²) in [5.41, 5.74) is -0.0938. The molecule has 1 saturated heterocycles. The third kappa shape index (κ3) is 3.94. The Morgan fingerprint density at radius 1 is 1.00 bits per heavy atom. The minimum Gasteiger partial charge on any atom is -0.353 e. The van der Waals surface area contributed by atoms with Gasteiger partial charge < -0.3 is 15.1 Å². The van der Waals surface area contributed by atoms with Gasteiger partial charge in [0.1, 0.15) is 5.82 Å². The molecule has 0 bridgehead atoms. The Hall–Kier alpha value is -3.36. The van der Waals surface area contributed by atoms with E-state index in [0.29, 0.717) is 18.8 Å². The monoisotopic (exact) mass is 401 g/mol. The predicted octanol–water partition coefficient (Wildman–Crippen LogP) is 4.00. The van der Waals surface area contributed by atoms with Gasteiger partial charge in [0.2, 0.25) is 0 Å². The van der Waals surface area contributed by atoms with Crippen LogP contribution in [0.2, 0.25) is 0 Å². The molecule has 0 unspecified atom stereocenters. The molecule has 0 atom stereocenters. The van der Waals surface area contributed by atoms with Crippen LogP contribution in [0, 0.1) is 0 Å². The topological polar surface area (TPSA) is 61.4 Å². The summed E-state index contributed by atoms with van der Waals surface area (Å²) >= 11 is 0. The lowest BCUT2D eigenvalue weighted by Crippen LogP contribution is -2.50. The average Bonchev–Trinajstić information content (AvgIpc) is 2.73. The maximum atomic E-state index is 13.2. The number of alkyl halides is 3. The van der Waals surface area contributed by atoms with Crippen molar-refractivity contribution in [2.45, 2.75) is 6.18 Å². The molecule has 0 aliphatic carbocycles. The number of urea groups is 1. The van der Waals surface area contributed by atoms with Crippen LogP contribution in [0.5, 0.6) is 0 Å². The number of fused-ring (bicyclic) bond motifs is 1. The Morgan fingerprint density at radius 2 is 1.79 bits per heavy atom. The molecule has 1 aromatic carbocycles. The zero-order valence-electron chi connectivity index (χ0n) is 15.4. The number of piperazine rings is 1. The molecular weight excluding hydrogens is 383 g/mol. The van der Waals surface area contributed by atoms with Crippen LogP contribution in [0.4, 0.5) is 29.5 Å². The molecule has 4 rings (SSSR count). The Morgan fingerprint density at radius 3 is 2.55 bits per heavy atom. The van der Waals surface area contributed by atoms with Crippen molar-refractivity contribution >= 4 is 28.3 Å². The van der Waals surface area contributed by atoms with E-state index in [-0.39, 0.29) is 24.9 Å². The molecule has 3 aromatic rings. The zero-order valence-corrected chi connectivity index (χ0v) is 15.4. The van der Waals surface area contributed by atoms with E-state index in [0.717, 1.165) is 16.8 Å². The number of nitrogens with one attached hydrogen (secondary N) is 1. The fourth-order valence-electron chi connectivity index (χ4n) is 3.42. The van der Waals surface area contributed by atoms with Gasteiger partial charge in [0.05, 0.1) is 11.3 Å². The number of hydrogen-bond acceptors (Lipinski definition) is 4. The van der Waals surface area contributed by atoms with Gasteiger partial charge in [0.25, 0.3) is 0 Å². The summed E-state index contributed by atoms with van der Waals surface area (Å²) in [5.74, 6) is -0.0957. The largest absolute Gasteiger partial charge is 0.419 e. The first-order valence-corrected chi connectivity index (χ1v) is 9.09. The molecule has 150 valence electrons. The number of halogens is 3. The Kier molecular flexibility index (Phi) is 4.96. The summed E-state index contributed by atoms with van der Waals surface area (Å²) < 4.78 is 39.7. The van der Waals surface area contributed by atoms with E-state index in [1.807, 2.05) is 18.2 Å². The lowest BCUT2D eigenvalue weighted by Gasteiger charge is -2.36. The first-order valence-electron chi connectivity index (χ1n) is 9.09. The molecule has 0 spiro atoms. The number of pyridine rings is 2. The minimum absolute atomic E-state index is 0.0957. The molecule has 1 fully saturated rings. The number of nitrogens with zero attached hydrogens (tertiary/aromatic N) is 4. The lowest BCUT2D eigenvalue weighted by molar-refractivity contribution is -0.137. The molecule has 1 aliphatic rings. The maximum absolute atomic E-state index is 13.2. The number of carbonyl (C=O) groups excluding carboxylic acids is 1. The van der Waals surface area contributed by atoms with Crippen LogP contribution in [0.25, 0.3) is 10.8 Å². The van der Waals surface area contributed by atoms with Gasteiger partial charge in [-0.15, -0.1) is 0 Å². The maximum Gasteiger partial charge on any atom is 0.419 e. The summed E-state index contributed by atoms with van der Waals surface area (Å²) in [6, 6.07) is 9.37. The molecule has 1 aliphatic heterocycles. The standard InChI is InChI=1S/C20H18F3N5O/c21-20(22,23)16-4-2-7-25-18(16)27-9-11-28(12-10-27)19(29)26-17-5-1-3-14-13-24-8-6-15(14)17/h1-8,13H,9-12H2,(H,26,29). The van der Waals surface area contributed by atoms with Crippen molar-refractivity contribution in [2.75, 3.05) is 36.4 Å². The van der Waals surface area contributed by atoms with Crippen LogP contribution in [0.1, 0.15) is 5.56 Å². The number of aromatic nitrogens is 2. The molecule has 6 nitrogen and oxygen atoms in total. The number of rotatable bonds is 2. The zero-order chi connectivity index (χ0) is 20.4. The summed E-state index contributed by atoms with van der Waals surface area (Å²) in [7, 11) is 0. The molecule has 0 saturated carbocycles. The van der Waals surface area contributed by atoms with E-state index in [2.05, 4.69) is 15.3 Å². The van der Waals surface area contributed by atoms with Crippen LogP contribution >= 0.6 is 0 Å². The molecule has 29 heavy (non-hydrogen) atoms. The van der Waals surface area contributed by atoms with Crippen molar-refractivity contribution in [3.05, 3.63) is 60.6 Å². The normalized spacial score (nSPS) is 14.9. The van der Waals surface area contributed by atoms with Gasteiger partial charge in [-0.25, -0.2) is 9.78 Å². The molecule has 1 N–H and O–H groups in total. The number of amides is 2. The number of benzene rings is 1. The van der Waals surface area contributed by atoms with Gasteiger partial charge in [-0.1, -0.05) is 12.1 Å². The van der Waals surface area contributed by atoms with Gasteiger partial charge in [-0.3, -0.25) is 4.98 Å². The molecule has 0 radical (unpaired) electrons. The van der Waals surface area contributed by atoms with Crippen LogP contribution in [-0.2, 0) is 6.18 Å². The number of anilines is 2. The molecule has 9 heteroatoms. The first kappa shape index (κ1) is 19.0. The average molecular weight is 401 g/mol. The van der Waals surface area contributed by atoms with Gasteiger partial charge in [0.15, 0.2) is 0 Å². The van der Waals surface area contributed by atoms with Crippen molar-refractivity contribution in [3.63, 3.8) is 0 Å². The fourth-order valence-corrected chi connectivity index (χ4v) is 3.42. The smallest absolute Gasteiger partial charge is 0.353 e. The molecular formula is C20H18F3N5O. The summed E-state index contributed by atoms with van der Waals surface area (Å²) in [4.78, 5) is 23.8. The van der Waals surface area contributed by atoms with Gasteiger partial charge in [-0.2, -0.15) is 13.2 Å². The Bertz CT molecular complexity index is 1030.